The van der Waals surface area contributed by atoms with Crippen molar-refractivity contribution in [1.82, 2.24) is 14.9 Å². The Bertz CT molecular complexity index is 783. The molecule has 1 aromatic heterocycles. The van der Waals surface area contributed by atoms with Gasteiger partial charge in [0.2, 0.25) is 0 Å². The third-order valence-electron chi connectivity index (χ3n) is 5.10. The van der Waals surface area contributed by atoms with Crippen molar-refractivity contribution >= 4 is 17.9 Å². The molecule has 2 aliphatic rings. The normalized spacial score (nSPS) is 20.6. The second-order valence-corrected chi connectivity index (χ2v) is 6.73. The molecule has 0 saturated carbocycles. The van der Waals surface area contributed by atoms with Crippen molar-refractivity contribution < 1.29 is 0 Å². The number of nitrogens with one attached hydrogen (secondary N) is 1. The molecule has 0 atom stereocenters. The second kappa shape index (κ2) is 6.74. The number of benzene rings is 1. The van der Waals surface area contributed by atoms with Crippen LogP contribution in [0.4, 0.5) is 5.82 Å². The highest BCUT2D eigenvalue weighted by molar-refractivity contribution is 5.86. The van der Waals surface area contributed by atoms with Crippen LogP contribution in [0.25, 0.3) is 5.70 Å². The number of hydrazine groups is 1. The standard InChI is InChI=1S/C19H24N6/c20-17(18-16-6-9-22-19(16)23-13-25(18)21)15-7-10-24(11-8-15)12-14-4-2-1-3-5-14/h1-6,9,13,15,22H,7-8,10-12,20-21H2/b18-17-. The van der Waals surface area contributed by atoms with E-state index in [2.05, 4.69) is 45.2 Å². The highest BCUT2D eigenvalue weighted by Gasteiger charge is 2.27. The van der Waals surface area contributed by atoms with E-state index in [4.69, 9.17) is 11.6 Å². The summed E-state index contributed by atoms with van der Waals surface area (Å²) in [4.78, 5) is 9.91. The SMILES string of the molecule is N/C(=C1/c2cc[nH]c2N=CN1N)C1CCN(Cc2ccccc2)CC1. The number of hydrogen-bond donors (Lipinski definition) is 3. The lowest BCUT2D eigenvalue weighted by atomic mass is 9.91. The molecule has 6 heteroatoms. The molecule has 0 amide bonds. The maximum Gasteiger partial charge on any atom is 0.141 e. The Balaban J connectivity index is 1.46. The van der Waals surface area contributed by atoms with Crippen LogP contribution >= 0.6 is 0 Å². The molecular formula is C19H24N6. The Kier molecular flexibility index (Phi) is 4.29. The summed E-state index contributed by atoms with van der Waals surface area (Å²) in [7, 11) is 0. The average Bonchev–Trinajstić information content (AvgIpc) is 3.11. The zero-order valence-electron chi connectivity index (χ0n) is 14.2. The van der Waals surface area contributed by atoms with E-state index in [1.54, 1.807) is 11.3 Å². The van der Waals surface area contributed by atoms with Gasteiger partial charge in [0.25, 0.3) is 0 Å². The highest BCUT2D eigenvalue weighted by Crippen LogP contribution is 2.34. The van der Waals surface area contributed by atoms with Gasteiger partial charge in [-0.3, -0.25) is 9.91 Å². The predicted octanol–water partition coefficient (Wildman–Crippen LogP) is 2.40. The van der Waals surface area contributed by atoms with Crippen molar-refractivity contribution in [2.75, 3.05) is 13.1 Å². The van der Waals surface area contributed by atoms with Gasteiger partial charge in [0.05, 0.1) is 5.70 Å². The Labute approximate surface area is 147 Å². The molecule has 4 rings (SSSR count). The van der Waals surface area contributed by atoms with Crippen LogP contribution in [-0.4, -0.2) is 34.3 Å². The first kappa shape index (κ1) is 15.9. The maximum absolute atomic E-state index is 6.55. The molecule has 6 nitrogen and oxygen atoms in total. The molecule has 130 valence electrons. The van der Waals surface area contributed by atoms with Gasteiger partial charge >= 0.3 is 0 Å². The number of nitrogens with zero attached hydrogens (tertiary/aromatic N) is 3. The summed E-state index contributed by atoms with van der Waals surface area (Å²) in [5, 5.41) is 1.54. The van der Waals surface area contributed by atoms with Gasteiger partial charge in [0.15, 0.2) is 0 Å². The second-order valence-electron chi connectivity index (χ2n) is 6.73. The lowest BCUT2D eigenvalue weighted by Gasteiger charge is -2.34. The van der Waals surface area contributed by atoms with Gasteiger partial charge in [-0.15, -0.1) is 0 Å². The average molecular weight is 336 g/mol. The highest BCUT2D eigenvalue weighted by atomic mass is 15.4. The van der Waals surface area contributed by atoms with Gasteiger partial charge in [-0.05, 0) is 37.6 Å². The fourth-order valence-electron chi connectivity index (χ4n) is 3.72. The van der Waals surface area contributed by atoms with E-state index < -0.39 is 0 Å². The smallest absolute Gasteiger partial charge is 0.141 e. The lowest BCUT2D eigenvalue weighted by Crippen LogP contribution is -2.37. The predicted molar refractivity (Wildman–Crippen MR) is 101 cm³/mol. The summed E-state index contributed by atoms with van der Waals surface area (Å²) in [6.07, 6.45) is 5.59. The molecule has 25 heavy (non-hydrogen) atoms. The summed E-state index contributed by atoms with van der Waals surface area (Å²) in [6, 6.07) is 12.6. The summed E-state index contributed by atoms with van der Waals surface area (Å²) in [5.41, 5.74) is 10.6. The minimum Gasteiger partial charge on any atom is -0.400 e. The van der Waals surface area contributed by atoms with Gasteiger partial charge in [-0.25, -0.2) is 10.8 Å². The van der Waals surface area contributed by atoms with Crippen molar-refractivity contribution in [3.05, 3.63) is 59.4 Å². The number of aromatic nitrogens is 1. The van der Waals surface area contributed by atoms with Gasteiger partial charge in [-0.2, -0.15) is 0 Å². The fourth-order valence-corrected chi connectivity index (χ4v) is 3.72. The molecule has 0 bridgehead atoms. The first-order chi connectivity index (χ1) is 12.2. The maximum atomic E-state index is 6.55. The van der Waals surface area contributed by atoms with E-state index >= 15 is 0 Å². The molecule has 0 spiro atoms. The molecule has 1 fully saturated rings. The largest absolute Gasteiger partial charge is 0.400 e. The number of hydrogen-bond acceptors (Lipinski definition) is 5. The number of aromatic amines is 1. The van der Waals surface area contributed by atoms with E-state index in [1.165, 1.54) is 5.56 Å². The monoisotopic (exact) mass is 336 g/mol. The number of likely N-dealkylation sites (tertiary alicyclic amines) is 1. The summed E-state index contributed by atoms with van der Waals surface area (Å²) in [6.45, 7) is 3.10. The fraction of sp³-hybridized carbons (Fsp3) is 0.316. The number of fused-ring (bicyclic) bond motifs is 1. The zero-order valence-corrected chi connectivity index (χ0v) is 14.2. The van der Waals surface area contributed by atoms with Crippen molar-refractivity contribution in [1.29, 1.82) is 0 Å². The van der Waals surface area contributed by atoms with Gasteiger partial charge in [-0.1, -0.05) is 30.3 Å². The summed E-state index contributed by atoms with van der Waals surface area (Å²) < 4.78 is 0. The van der Waals surface area contributed by atoms with E-state index in [1.807, 2.05) is 12.3 Å². The van der Waals surface area contributed by atoms with Crippen molar-refractivity contribution in [2.45, 2.75) is 19.4 Å². The van der Waals surface area contributed by atoms with Crippen LogP contribution in [0.2, 0.25) is 0 Å². The van der Waals surface area contributed by atoms with Crippen molar-refractivity contribution in [3.63, 3.8) is 0 Å². The lowest BCUT2D eigenvalue weighted by molar-refractivity contribution is 0.190. The van der Waals surface area contributed by atoms with Crippen LogP contribution < -0.4 is 11.6 Å². The van der Waals surface area contributed by atoms with Crippen LogP contribution in [0, 0.1) is 5.92 Å². The molecule has 1 saturated heterocycles. The number of rotatable bonds is 3. The quantitative estimate of drug-likeness (QED) is 0.751. The third-order valence-corrected chi connectivity index (χ3v) is 5.10. The van der Waals surface area contributed by atoms with Crippen LogP contribution in [0.15, 0.2) is 53.3 Å². The zero-order chi connectivity index (χ0) is 17.2. The van der Waals surface area contributed by atoms with Crippen LogP contribution in [-0.2, 0) is 6.54 Å². The molecule has 2 aliphatic heterocycles. The van der Waals surface area contributed by atoms with Crippen molar-refractivity contribution in [2.24, 2.45) is 22.5 Å². The van der Waals surface area contributed by atoms with Crippen LogP contribution in [0.3, 0.4) is 0 Å². The first-order valence-corrected chi connectivity index (χ1v) is 8.74. The Morgan fingerprint density at radius 2 is 1.92 bits per heavy atom. The number of allylic oxidation sites excluding steroid dienone is 1. The number of H-pyrrole nitrogens is 1. The number of aliphatic imine (C=N–C) groups is 1. The van der Waals surface area contributed by atoms with Gasteiger partial charge < -0.3 is 10.7 Å². The molecule has 3 heterocycles. The van der Waals surface area contributed by atoms with E-state index in [0.717, 1.165) is 55.3 Å². The third kappa shape index (κ3) is 3.18. The van der Waals surface area contributed by atoms with E-state index in [9.17, 15) is 0 Å². The molecule has 1 aromatic carbocycles. The van der Waals surface area contributed by atoms with Gasteiger partial charge in [0.1, 0.15) is 12.2 Å². The van der Waals surface area contributed by atoms with Crippen LogP contribution in [0.1, 0.15) is 24.0 Å². The Morgan fingerprint density at radius 1 is 1.16 bits per heavy atom. The molecule has 0 unspecified atom stereocenters. The molecule has 5 N–H and O–H groups in total. The Hall–Kier alpha value is -2.57. The molecule has 0 radical (unpaired) electrons. The van der Waals surface area contributed by atoms with Gasteiger partial charge in [0, 0.05) is 29.9 Å². The minimum atomic E-state index is 0.349. The first-order valence-electron chi connectivity index (χ1n) is 8.74. The minimum absolute atomic E-state index is 0.349. The number of piperidine rings is 1. The molecular weight excluding hydrogens is 312 g/mol. The van der Waals surface area contributed by atoms with E-state index in [-0.39, 0.29) is 0 Å². The molecule has 2 aromatic rings. The van der Waals surface area contributed by atoms with Crippen LogP contribution in [0.5, 0.6) is 0 Å². The van der Waals surface area contributed by atoms with Crippen molar-refractivity contribution in [3.8, 4) is 0 Å². The molecule has 0 aliphatic carbocycles. The number of nitrogens with two attached hydrogens (primary N) is 2. The Morgan fingerprint density at radius 3 is 2.68 bits per heavy atom. The topological polar surface area (TPSA) is 86.7 Å². The summed E-state index contributed by atoms with van der Waals surface area (Å²) >= 11 is 0. The summed E-state index contributed by atoms with van der Waals surface area (Å²) in [5.74, 6) is 7.28. The van der Waals surface area contributed by atoms with E-state index in [0.29, 0.717) is 5.92 Å².